The van der Waals surface area contributed by atoms with Gasteiger partial charge in [-0.05, 0) is 60.9 Å². The number of pyridine rings is 1. The zero-order chi connectivity index (χ0) is 23.2. The van der Waals surface area contributed by atoms with E-state index < -0.39 is 0 Å². The predicted molar refractivity (Wildman–Crippen MR) is 136 cm³/mol. The van der Waals surface area contributed by atoms with Crippen LogP contribution in [0.25, 0.3) is 28.1 Å². The molecule has 0 saturated carbocycles. The Balaban J connectivity index is 1.55. The van der Waals surface area contributed by atoms with E-state index in [4.69, 9.17) is 32.7 Å². The highest BCUT2D eigenvalue weighted by atomic mass is 35.5. The zero-order valence-corrected chi connectivity index (χ0v) is 19.6. The van der Waals surface area contributed by atoms with Crippen molar-refractivity contribution in [3.8, 4) is 16.9 Å². The summed E-state index contributed by atoms with van der Waals surface area (Å²) in [4.78, 5) is 16.0. The summed E-state index contributed by atoms with van der Waals surface area (Å²) in [6, 6.07) is 20.7. The molecule has 0 atom stereocenters. The van der Waals surface area contributed by atoms with E-state index in [1.807, 2.05) is 66.7 Å². The summed E-state index contributed by atoms with van der Waals surface area (Å²) in [5, 5.41) is 2.05. The van der Waals surface area contributed by atoms with E-state index >= 15 is 0 Å². The monoisotopic (exact) mass is 479 g/mol. The van der Waals surface area contributed by atoms with Gasteiger partial charge in [-0.3, -0.25) is 4.79 Å². The number of hydrogen-bond donors (Lipinski definition) is 1. The normalized spacial score (nSPS) is 11.2. The maximum absolute atomic E-state index is 13.0. The number of nitrogens with one attached hydrogen (secondary N) is 1. The number of aromatic nitrogens is 1. The van der Waals surface area contributed by atoms with Crippen LogP contribution in [0.4, 0.5) is 0 Å². The van der Waals surface area contributed by atoms with Crippen LogP contribution in [0.1, 0.15) is 17.5 Å². The highest BCUT2D eigenvalue weighted by Gasteiger charge is 2.16. The van der Waals surface area contributed by atoms with E-state index in [1.54, 1.807) is 19.4 Å². The van der Waals surface area contributed by atoms with Crippen LogP contribution in [0, 0.1) is 0 Å². The van der Waals surface area contributed by atoms with Gasteiger partial charge < -0.3 is 14.5 Å². The zero-order valence-electron chi connectivity index (χ0n) is 18.1. The van der Waals surface area contributed by atoms with E-state index in [1.165, 1.54) is 0 Å². The lowest BCUT2D eigenvalue weighted by molar-refractivity contribution is 0.247. The summed E-state index contributed by atoms with van der Waals surface area (Å²) in [6.45, 7) is 0.468. The highest BCUT2D eigenvalue weighted by Crippen LogP contribution is 2.35. The maximum Gasteiger partial charge on any atom is 0.252 e. The molecular weight excluding hydrogens is 457 g/mol. The van der Waals surface area contributed by atoms with Gasteiger partial charge in [0.25, 0.3) is 5.56 Å². The van der Waals surface area contributed by atoms with Crippen molar-refractivity contribution in [1.82, 2.24) is 4.98 Å². The molecule has 0 bridgehead atoms. The Kier molecular flexibility index (Phi) is 7.38. The molecule has 6 heteroatoms. The van der Waals surface area contributed by atoms with Crippen LogP contribution in [-0.2, 0) is 11.2 Å². The number of halogens is 2. The number of methoxy groups -OCH3 is 1. The van der Waals surface area contributed by atoms with Gasteiger partial charge in [-0.25, -0.2) is 0 Å². The average Bonchev–Trinajstić information content (AvgIpc) is 2.82. The van der Waals surface area contributed by atoms with Crippen LogP contribution < -0.4 is 10.3 Å². The average molecular weight is 480 g/mol. The van der Waals surface area contributed by atoms with E-state index in [0.29, 0.717) is 35.1 Å². The van der Waals surface area contributed by atoms with Gasteiger partial charge in [0.1, 0.15) is 5.75 Å². The molecule has 0 spiro atoms. The first-order chi connectivity index (χ1) is 16.1. The second kappa shape index (κ2) is 10.6. The number of aromatic amines is 1. The molecule has 33 heavy (non-hydrogen) atoms. The standard InChI is InChI=1S/C27H23Cl2NO3/c1-32-20-7-4-6-18(16-20)13-15-33-14-5-9-22-26(21-8-2-3-10-24(21)29)23-17-19(28)11-12-25(23)30-27(22)31/h2-4,6-8,10-13,15-17H,5,9,14H2,1H3,(H,30,31)/b15-13+. The minimum absolute atomic E-state index is 0.133. The summed E-state index contributed by atoms with van der Waals surface area (Å²) in [5.74, 6) is 0.792. The Morgan fingerprint density at radius 1 is 1.00 bits per heavy atom. The molecule has 4 nitrogen and oxygen atoms in total. The first kappa shape index (κ1) is 23.0. The van der Waals surface area contributed by atoms with Crippen LogP contribution in [-0.4, -0.2) is 18.7 Å². The largest absolute Gasteiger partial charge is 0.501 e. The topological polar surface area (TPSA) is 51.3 Å². The molecule has 4 aromatic rings. The fraction of sp³-hybridized carbons (Fsp3) is 0.148. The number of rotatable bonds is 8. The van der Waals surface area contributed by atoms with E-state index in [-0.39, 0.29) is 5.56 Å². The molecule has 1 heterocycles. The van der Waals surface area contributed by atoms with Gasteiger partial charge in [-0.1, -0.05) is 53.5 Å². The molecule has 0 saturated heterocycles. The fourth-order valence-electron chi connectivity index (χ4n) is 3.79. The summed E-state index contributed by atoms with van der Waals surface area (Å²) in [7, 11) is 1.64. The van der Waals surface area contributed by atoms with Crippen molar-refractivity contribution in [3.63, 3.8) is 0 Å². The SMILES string of the molecule is COc1cccc(/C=C/OCCCc2c(-c3ccccc3Cl)c3cc(Cl)ccc3[nH]c2=O)c1. The number of benzene rings is 3. The molecule has 0 radical (unpaired) electrons. The van der Waals surface area contributed by atoms with Crippen molar-refractivity contribution in [2.24, 2.45) is 0 Å². The highest BCUT2D eigenvalue weighted by molar-refractivity contribution is 6.34. The molecule has 1 N–H and O–H groups in total. The first-order valence-corrected chi connectivity index (χ1v) is 11.3. The number of H-pyrrole nitrogens is 1. The lowest BCUT2D eigenvalue weighted by Crippen LogP contribution is -2.15. The van der Waals surface area contributed by atoms with Crippen LogP contribution >= 0.6 is 23.2 Å². The smallest absolute Gasteiger partial charge is 0.252 e. The van der Waals surface area contributed by atoms with Gasteiger partial charge in [0, 0.05) is 37.6 Å². The fourth-order valence-corrected chi connectivity index (χ4v) is 4.19. The Hall–Kier alpha value is -3.21. The van der Waals surface area contributed by atoms with Crippen molar-refractivity contribution >= 4 is 40.2 Å². The third kappa shape index (κ3) is 5.41. The molecule has 0 unspecified atom stereocenters. The third-order valence-electron chi connectivity index (χ3n) is 5.36. The van der Waals surface area contributed by atoms with Crippen LogP contribution in [0.2, 0.25) is 10.0 Å². The molecule has 0 amide bonds. The molecule has 1 aromatic heterocycles. The van der Waals surface area contributed by atoms with Gasteiger partial charge in [-0.15, -0.1) is 0 Å². The lowest BCUT2D eigenvalue weighted by atomic mass is 9.94. The maximum atomic E-state index is 13.0. The number of hydrogen-bond acceptors (Lipinski definition) is 3. The molecule has 4 rings (SSSR count). The molecule has 3 aromatic carbocycles. The summed E-state index contributed by atoms with van der Waals surface area (Å²) in [6.07, 6.45) is 4.73. The van der Waals surface area contributed by atoms with Gasteiger partial charge in [0.05, 0.1) is 20.0 Å². The summed E-state index contributed by atoms with van der Waals surface area (Å²) >= 11 is 12.8. The Morgan fingerprint density at radius 3 is 2.67 bits per heavy atom. The van der Waals surface area contributed by atoms with Gasteiger partial charge in [-0.2, -0.15) is 0 Å². The van der Waals surface area contributed by atoms with Gasteiger partial charge in [0.15, 0.2) is 0 Å². The van der Waals surface area contributed by atoms with Gasteiger partial charge in [0.2, 0.25) is 0 Å². The van der Waals surface area contributed by atoms with Gasteiger partial charge >= 0.3 is 0 Å². The van der Waals surface area contributed by atoms with Crippen molar-refractivity contribution in [2.75, 3.05) is 13.7 Å². The lowest BCUT2D eigenvalue weighted by Gasteiger charge is -2.14. The number of ether oxygens (including phenoxy) is 2. The van der Waals surface area contributed by atoms with Crippen molar-refractivity contribution in [3.05, 3.63) is 105 Å². The Morgan fingerprint density at radius 2 is 1.85 bits per heavy atom. The quantitative estimate of drug-likeness (QED) is 0.216. The Bertz CT molecular complexity index is 1360. The van der Waals surface area contributed by atoms with E-state index in [0.717, 1.165) is 33.3 Å². The number of fused-ring (bicyclic) bond motifs is 1. The third-order valence-corrected chi connectivity index (χ3v) is 5.92. The van der Waals surface area contributed by atoms with Crippen LogP contribution in [0.5, 0.6) is 5.75 Å². The van der Waals surface area contributed by atoms with E-state index in [9.17, 15) is 4.79 Å². The van der Waals surface area contributed by atoms with Crippen molar-refractivity contribution in [1.29, 1.82) is 0 Å². The predicted octanol–water partition coefficient (Wildman–Crippen LogP) is 7.13. The Labute approximate surface area is 202 Å². The summed E-state index contributed by atoms with van der Waals surface area (Å²) in [5.41, 5.74) is 3.86. The second-order valence-corrected chi connectivity index (χ2v) is 8.37. The molecule has 0 fully saturated rings. The molecule has 0 aliphatic heterocycles. The molecule has 168 valence electrons. The van der Waals surface area contributed by atoms with Crippen LogP contribution in [0.15, 0.2) is 77.8 Å². The molecular formula is C27H23Cl2NO3. The summed E-state index contributed by atoms with van der Waals surface area (Å²) < 4.78 is 10.9. The first-order valence-electron chi connectivity index (χ1n) is 10.6. The minimum atomic E-state index is -0.133. The van der Waals surface area contributed by atoms with E-state index in [2.05, 4.69) is 4.98 Å². The van der Waals surface area contributed by atoms with Crippen molar-refractivity contribution in [2.45, 2.75) is 12.8 Å². The van der Waals surface area contributed by atoms with Crippen LogP contribution in [0.3, 0.4) is 0 Å². The molecule has 0 aliphatic rings. The molecule has 0 aliphatic carbocycles. The minimum Gasteiger partial charge on any atom is -0.501 e. The van der Waals surface area contributed by atoms with Crippen molar-refractivity contribution < 1.29 is 9.47 Å². The second-order valence-electron chi connectivity index (χ2n) is 7.53.